The maximum absolute atomic E-state index is 12.3. The Balaban J connectivity index is 2.33. The third kappa shape index (κ3) is 2.63. The number of aromatic nitrogens is 2. The smallest absolute Gasteiger partial charge is 0.257 e. The van der Waals surface area contributed by atoms with Gasteiger partial charge in [0.25, 0.3) is 11.6 Å². The summed E-state index contributed by atoms with van der Waals surface area (Å²) in [6, 6.07) is 1.70. The van der Waals surface area contributed by atoms with E-state index in [0.717, 1.165) is 0 Å². The van der Waals surface area contributed by atoms with Crippen molar-refractivity contribution in [2.24, 2.45) is 0 Å². The molecule has 19 heavy (non-hydrogen) atoms. The summed E-state index contributed by atoms with van der Waals surface area (Å²) in [5.74, 6) is -0.205. The fourth-order valence-electron chi connectivity index (χ4n) is 1.80. The minimum Gasteiger partial charge on any atom is -0.395 e. The molecule has 0 bridgehead atoms. The molecule has 0 fully saturated rings. The molecule has 0 radical (unpaired) electrons. The van der Waals surface area contributed by atoms with Crippen molar-refractivity contribution in [2.75, 3.05) is 19.7 Å². The van der Waals surface area contributed by atoms with E-state index in [0.29, 0.717) is 28.9 Å². The van der Waals surface area contributed by atoms with Gasteiger partial charge in [0.15, 0.2) is 0 Å². The van der Waals surface area contributed by atoms with Crippen LogP contribution in [0.5, 0.6) is 0 Å². The van der Waals surface area contributed by atoms with Crippen LogP contribution in [0, 0.1) is 6.92 Å². The largest absolute Gasteiger partial charge is 0.395 e. The molecule has 0 spiro atoms. The van der Waals surface area contributed by atoms with Gasteiger partial charge in [-0.2, -0.15) is 0 Å². The Morgan fingerprint density at radius 2 is 2.42 bits per heavy atom. The molecule has 0 atom stereocenters. The monoisotopic (exact) mass is 261 g/mol. The third-order valence-corrected chi connectivity index (χ3v) is 2.76. The summed E-state index contributed by atoms with van der Waals surface area (Å²) in [7, 11) is 0. The predicted octanol–water partition coefficient (Wildman–Crippen LogP) is 1.15. The molecule has 1 amide bonds. The SMILES string of the molecule is C=CCN(CCO)C(=O)c1cnc2onc(C)c2c1. The molecular weight excluding hydrogens is 246 g/mol. The zero-order valence-corrected chi connectivity index (χ0v) is 10.7. The molecule has 1 N–H and O–H groups in total. The van der Waals surface area contributed by atoms with E-state index in [9.17, 15) is 4.79 Å². The number of carbonyl (C=O) groups is 1. The zero-order valence-electron chi connectivity index (χ0n) is 10.7. The Morgan fingerprint density at radius 3 is 3.11 bits per heavy atom. The lowest BCUT2D eigenvalue weighted by Gasteiger charge is -2.19. The first-order valence-electron chi connectivity index (χ1n) is 5.90. The van der Waals surface area contributed by atoms with E-state index in [2.05, 4.69) is 16.7 Å². The Hall–Kier alpha value is -2.21. The molecule has 6 heteroatoms. The third-order valence-electron chi connectivity index (χ3n) is 2.76. The quantitative estimate of drug-likeness (QED) is 0.817. The molecule has 100 valence electrons. The van der Waals surface area contributed by atoms with Gasteiger partial charge in [-0.25, -0.2) is 4.98 Å². The Labute approximate surface area is 110 Å². The molecule has 2 rings (SSSR count). The molecule has 2 aromatic heterocycles. The highest BCUT2D eigenvalue weighted by molar-refractivity contribution is 5.97. The van der Waals surface area contributed by atoms with Gasteiger partial charge in [0, 0.05) is 19.3 Å². The number of aliphatic hydroxyl groups excluding tert-OH is 1. The van der Waals surface area contributed by atoms with E-state index in [4.69, 9.17) is 9.63 Å². The maximum atomic E-state index is 12.3. The van der Waals surface area contributed by atoms with Gasteiger partial charge < -0.3 is 14.5 Å². The lowest BCUT2D eigenvalue weighted by Crippen LogP contribution is -2.33. The molecule has 0 unspecified atom stereocenters. The van der Waals surface area contributed by atoms with Gasteiger partial charge >= 0.3 is 0 Å². The summed E-state index contributed by atoms with van der Waals surface area (Å²) >= 11 is 0. The van der Waals surface area contributed by atoms with Gasteiger partial charge in [0.05, 0.1) is 23.3 Å². The van der Waals surface area contributed by atoms with E-state index in [1.807, 2.05) is 0 Å². The van der Waals surface area contributed by atoms with E-state index in [1.54, 1.807) is 19.1 Å². The minimum absolute atomic E-state index is 0.0957. The summed E-state index contributed by atoms with van der Waals surface area (Å²) in [6.07, 6.45) is 3.06. The van der Waals surface area contributed by atoms with E-state index >= 15 is 0 Å². The predicted molar refractivity (Wildman–Crippen MR) is 69.7 cm³/mol. The van der Waals surface area contributed by atoms with Crippen LogP contribution < -0.4 is 0 Å². The zero-order chi connectivity index (χ0) is 13.8. The first-order valence-corrected chi connectivity index (χ1v) is 5.90. The minimum atomic E-state index is -0.205. The summed E-state index contributed by atoms with van der Waals surface area (Å²) < 4.78 is 5.00. The van der Waals surface area contributed by atoms with Crippen molar-refractivity contribution in [3.63, 3.8) is 0 Å². The van der Waals surface area contributed by atoms with Crippen molar-refractivity contribution in [3.8, 4) is 0 Å². The van der Waals surface area contributed by atoms with Gasteiger partial charge in [-0.05, 0) is 13.0 Å². The highest BCUT2D eigenvalue weighted by atomic mass is 16.5. The molecule has 2 aromatic rings. The molecule has 0 aromatic carbocycles. The molecule has 0 saturated heterocycles. The van der Waals surface area contributed by atoms with Crippen molar-refractivity contribution < 1.29 is 14.4 Å². The van der Waals surface area contributed by atoms with Crippen LogP contribution in [0.4, 0.5) is 0 Å². The molecular formula is C13H15N3O3. The second-order valence-electron chi connectivity index (χ2n) is 4.11. The van der Waals surface area contributed by atoms with Crippen LogP contribution >= 0.6 is 0 Å². The number of nitrogens with zero attached hydrogens (tertiary/aromatic N) is 3. The average Bonchev–Trinajstić information content (AvgIpc) is 2.79. The topological polar surface area (TPSA) is 79.5 Å². The van der Waals surface area contributed by atoms with Crippen LogP contribution in [0.15, 0.2) is 29.4 Å². The van der Waals surface area contributed by atoms with Crippen molar-refractivity contribution in [1.29, 1.82) is 0 Å². The standard InChI is InChI=1S/C13H15N3O3/c1-3-4-16(5-6-17)13(18)10-7-11-9(2)15-19-12(11)14-8-10/h3,7-8,17H,1,4-6H2,2H3. The molecule has 0 aliphatic heterocycles. The van der Waals surface area contributed by atoms with E-state index < -0.39 is 0 Å². The van der Waals surface area contributed by atoms with Crippen LogP contribution in [0.1, 0.15) is 16.1 Å². The fraction of sp³-hybridized carbons (Fsp3) is 0.308. The first-order chi connectivity index (χ1) is 9.17. The number of carbonyl (C=O) groups excluding carboxylic acids is 1. The fourth-order valence-corrected chi connectivity index (χ4v) is 1.80. The number of amides is 1. The van der Waals surface area contributed by atoms with Crippen LogP contribution in [-0.2, 0) is 0 Å². The number of rotatable bonds is 5. The summed E-state index contributed by atoms with van der Waals surface area (Å²) in [5, 5.41) is 13.5. The summed E-state index contributed by atoms with van der Waals surface area (Å²) in [4.78, 5) is 17.8. The second kappa shape index (κ2) is 5.62. The van der Waals surface area contributed by atoms with Crippen molar-refractivity contribution in [3.05, 3.63) is 36.2 Å². The summed E-state index contributed by atoms with van der Waals surface area (Å²) in [5.41, 5.74) is 1.54. The average molecular weight is 261 g/mol. The molecule has 0 saturated carbocycles. The normalized spacial score (nSPS) is 10.6. The Morgan fingerprint density at radius 1 is 1.63 bits per heavy atom. The van der Waals surface area contributed by atoms with Crippen molar-refractivity contribution >= 4 is 17.0 Å². The lowest BCUT2D eigenvalue weighted by atomic mass is 10.2. The number of aryl methyl sites for hydroxylation is 1. The molecule has 6 nitrogen and oxygen atoms in total. The molecule has 0 aliphatic rings. The van der Waals surface area contributed by atoms with Gasteiger partial charge in [0.2, 0.25) is 0 Å². The number of hydrogen-bond donors (Lipinski definition) is 1. The number of hydrogen-bond acceptors (Lipinski definition) is 5. The van der Waals surface area contributed by atoms with E-state index in [-0.39, 0.29) is 19.1 Å². The Bertz CT molecular complexity index is 606. The van der Waals surface area contributed by atoms with Gasteiger partial charge in [-0.3, -0.25) is 4.79 Å². The Kier molecular flexibility index (Phi) is 3.91. The highest BCUT2D eigenvalue weighted by Gasteiger charge is 2.16. The highest BCUT2D eigenvalue weighted by Crippen LogP contribution is 2.17. The number of fused-ring (bicyclic) bond motifs is 1. The number of pyridine rings is 1. The van der Waals surface area contributed by atoms with Crippen LogP contribution in [0.2, 0.25) is 0 Å². The maximum Gasteiger partial charge on any atom is 0.257 e. The van der Waals surface area contributed by atoms with Crippen LogP contribution in [0.25, 0.3) is 11.1 Å². The van der Waals surface area contributed by atoms with Gasteiger partial charge in [0.1, 0.15) is 0 Å². The number of aliphatic hydroxyl groups is 1. The lowest BCUT2D eigenvalue weighted by molar-refractivity contribution is 0.0742. The summed E-state index contributed by atoms with van der Waals surface area (Å²) in [6.45, 7) is 5.92. The second-order valence-corrected chi connectivity index (χ2v) is 4.11. The van der Waals surface area contributed by atoms with Crippen LogP contribution in [-0.4, -0.2) is 45.8 Å². The van der Waals surface area contributed by atoms with Crippen LogP contribution in [0.3, 0.4) is 0 Å². The van der Waals surface area contributed by atoms with E-state index in [1.165, 1.54) is 11.1 Å². The molecule has 0 aliphatic carbocycles. The van der Waals surface area contributed by atoms with Gasteiger partial charge in [-0.1, -0.05) is 11.2 Å². The van der Waals surface area contributed by atoms with Gasteiger partial charge in [-0.15, -0.1) is 6.58 Å². The van der Waals surface area contributed by atoms with Crippen molar-refractivity contribution in [2.45, 2.75) is 6.92 Å². The first kappa shape index (κ1) is 13.2. The molecule has 2 heterocycles. The van der Waals surface area contributed by atoms with Crippen molar-refractivity contribution in [1.82, 2.24) is 15.0 Å².